The van der Waals surface area contributed by atoms with Gasteiger partial charge in [-0.2, -0.15) is 17.5 Å². The fourth-order valence-electron chi connectivity index (χ4n) is 4.85. The Balaban J connectivity index is 1.59. The van der Waals surface area contributed by atoms with Gasteiger partial charge in [0.2, 0.25) is 10.0 Å². The molecule has 2 fully saturated rings. The van der Waals surface area contributed by atoms with E-state index in [4.69, 9.17) is 12.2 Å². The van der Waals surface area contributed by atoms with Crippen molar-refractivity contribution in [3.63, 3.8) is 0 Å². The van der Waals surface area contributed by atoms with Crippen LogP contribution in [-0.2, 0) is 15.6 Å². The van der Waals surface area contributed by atoms with Gasteiger partial charge in [0.25, 0.3) is 0 Å². The molecule has 3 atom stereocenters. The Morgan fingerprint density at radius 3 is 2.39 bits per heavy atom. The number of rotatable bonds is 6. The van der Waals surface area contributed by atoms with Gasteiger partial charge in [-0.25, -0.2) is 8.42 Å². The Morgan fingerprint density at radius 1 is 1.11 bits per heavy atom. The van der Waals surface area contributed by atoms with Crippen LogP contribution in [0.1, 0.15) is 25.3 Å². The van der Waals surface area contributed by atoms with Gasteiger partial charge in [0.1, 0.15) is 0 Å². The van der Waals surface area contributed by atoms with E-state index in [1.54, 1.807) is 12.2 Å². The van der Waals surface area contributed by atoms with Crippen molar-refractivity contribution >= 4 is 32.8 Å². The van der Waals surface area contributed by atoms with Gasteiger partial charge in [-0.15, -0.1) is 0 Å². The van der Waals surface area contributed by atoms with Gasteiger partial charge in [0.15, 0.2) is 5.60 Å². The standard InChI is InChI=1S/C24H30F3N3O4S2/c1-23(32,24(25,26)27)17-6-8-18(9-7-17)30-13-12-29(15-19(30)14-28-11-10-20(31)16-28)36(33,34)22-5-3-2-4-21(22)35/h2-3,5-9,19-20,31-32H,4,10-16H2,1H3/t19?,20-,23?/m1/s1. The number of nitrogens with zero attached hydrogens (tertiary/aromatic N) is 3. The van der Waals surface area contributed by atoms with Gasteiger partial charge in [0.05, 0.1) is 17.1 Å². The maximum atomic E-state index is 13.4. The largest absolute Gasteiger partial charge is 0.421 e. The number of piperazine rings is 1. The molecule has 2 heterocycles. The number of likely N-dealkylation sites (tertiary alicyclic amines) is 1. The first-order valence-electron chi connectivity index (χ1n) is 11.8. The number of anilines is 1. The molecule has 0 aromatic heterocycles. The minimum absolute atomic E-state index is 0.127. The van der Waals surface area contributed by atoms with Crippen molar-refractivity contribution in [1.29, 1.82) is 0 Å². The van der Waals surface area contributed by atoms with E-state index in [-0.39, 0.29) is 29.6 Å². The van der Waals surface area contributed by atoms with Gasteiger partial charge in [0, 0.05) is 56.2 Å². The average molecular weight is 546 g/mol. The number of hydrogen-bond donors (Lipinski definition) is 2. The molecule has 198 valence electrons. The van der Waals surface area contributed by atoms with E-state index in [1.165, 1.54) is 34.6 Å². The monoisotopic (exact) mass is 545 g/mol. The summed E-state index contributed by atoms with van der Waals surface area (Å²) in [6, 6.07) is 5.24. The summed E-state index contributed by atoms with van der Waals surface area (Å²) in [6.45, 7) is 3.02. The summed E-state index contributed by atoms with van der Waals surface area (Å²) < 4.78 is 68.0. The van der Waals surface area contributed by atoms with Crippen LogP contribution in [0.4, 0.5) is 18.9 Å². The number of sulfonamides is 1. The summed E-state index contributed by atoms with van der Waals surface area (Å²) in [5, 5.41) is 20.0. The topological polar surface area (TPSA) is 84.3 Å². The van der Waals surface area contributed by atoms with Crippen LogP contribution in [0.15, 0.2) is 47.4 Å². The highest BCUT2D eigenvalue weighted by molar-refractivity contribution is 7.96. The lowest BCUT2D eigenvalue weighted by atomic mass is 9.95. The van der Waals surface area contributed by atoms with Crippen LogP contribution >= 0.6 is 12.2 Å². The summed E-state index contributed by atoms with van der Waals surface area (Å²) in [7, 11) is -3.81. The van der Waals surface area contributed by atoms with Gasteiger partial charge in [-0.05, 0) is 37.1 Å². The zero-order valence-corrected chi connectivity index (χ0v) is 21.5. The number of allylic oxidation sites excluding steroid dienone is 4. The van der Waals surface area contributed by atoms with Crippen molar-refractivity contribution < 1.29 is 31.8 Å². The highest BCUT2D eigenvalue weighted by Crippen LogP contribution is 2.39. The van der Waals surface area contributed by atoms with E-state index >= 15 is 0 Å². The van der Waals surface area contributed by atoms with Crippen LogP contribution < -0.4 is 4.90 Å². The predicted molar refractivity (Wildman–Crippen MR) is 135 cm³/mol. The van der Waals surface area contributed by atoms with Crippen molar-refractivity contribution in [3.05, 3.63) is 53.0 Å². The Bertz CT molecular complexity index is 1150. The molecule has 1 aromatic rings. The first kappa shape index (κ1) is 27.2. The number of alkyl halides is 3. The molecule has 1 aliphatic carbocycles. The van der Waals surface area contributed by atoms with E-state index in [0.717, 1.165) is 0 Å². The number of hydrogen-bond acceptors (Lipinski definition) is 7. The van der Waals surface area contributed by atoms with Crippen LogP contribution in [0.25, 0.3) is 0 Å². The van der Waals surface area contributed by atoms with Gasteiger partial charge in [-0.3, -0.25) is 4.90 Å². The second-order valence-electron chi connectivity index (χ2n) is 9.62. The molecule has 0 spiro atoms. The van der Waals surface area contributed by atoms with Crippen molar-refractivity contribution in [2.24, 2.45) is 0 Å². The summed E-state index contributed by atoms with van der Waals surface area (Å²) >= 11 is 5.30. The summed E-state index contributed by atoms with van der Waals surface area (Å²) in [6.07, 6.45) is 0.761. The third kappa shape index (κ3) is 5.39. The molecule has 0 amide bonds. The van der Waals surface area contributed by atoms with Gasteiger partial charge >= 0.3 is 6.18 Å². The molecule has 0 bridgehead atoms. The molecule has 4 rings (SSSR count). The second kappa shape index (κ2) is 10.1. The van der Waals surface area contributed by atoms with E-state index in [1.807, 2.05) is 4.90 Å². The molecule has 7 nitrogen and oxygen atoms in total. The Morgan fingerprint density at radius 2 is 1.81 bits per heavy atom. The number of aliphatic hydroxyl groups excluding tert-OH is 1. The number of thiocarbonyl (C=S) groups is 1. The molecule has 2 aliphatic heterocycles. The lowest BCUT2D eigenvalue weighted by Crippen LogP contribution is -2.58. The molecule has 2 saturated heterocycles. The molecule has 12 heteroatoms. The maximum Gasteiger partial charge on any atom is 0.421 e. The Hall–Kier alpha value is -1.83. The summed E-state index contributed by atoms with van der Waals surface area (Å²) in [4.78, 5) is 4.54. The molecule has 3 aliphatic rings. The molecule has 36 heavy (non-hydrogen) atoms. The minimum Gasteiger partial charge on any atom is -0.392 e. The smallest absolute Gasteiger partial charge is 0.392 e. The van der Waals surface area contributed by atoms with E-state index in [9.17, 15) is 31.8 Å². The number of benzene rings is 1. The lowest BCUT2D eigenvalue weighted by Gasteiger charge is -2.44. The second-order valence-corrected chi connectivity index (χ2v) is 12.0. The van der Waals surface area contributed by atoms with Crippen LogP contribution in [0.2, 0.25) is 0 Å². The molecular formula is C24H30F3N3O4S2. The quantitative estimate of drug-likeness (QED) is 0.532. The molecule has 2 unspecified atom stereocenters. The first-order chi connectivity index (χ1) is 16.8. The molecule has 0 saturated carbocycles. The van der Waals surface area contributed by atoms with Crippen molar-refractivity contribution in [2.45, 2.75) is 43.7 Å². The Labute approximate surface area is 214 Å². The van der Waals surface area contributed by atoms with Crippen LogP contribution in [-0.4, -0.2) is 90.3 Å². The van der Waals surface area contributed by atoms with E-state index < -0.39 is 27.9 Å². The molecule has 1 aromatic carbocycles. The third-order valence-corrected chi connectivity index (χ3v) is 9.52. The predicted octanol–water partition coefficient (Wildman–Crippen LogP) is 2.56. The lowest BCUT2D eigenvalue weighted by molar-refractivity contribution is -0.258. The van der Waals surface area contributed by atoms with Gasteiger partial charge < -0.3 is 15.1 Å². The fourth-order valence-corrected chi connectivity index (χ4v) is 6.92. The number of halogens is 3. The van der Waals surface area contributed by atoms with Crippen LogP contribution in [0.5, 0.6) is 0 Å². The summed E-state index contributed by atoms with van der Waals surface area (Å²) in [5.41, 5.74) is -2.62. The minimum atomic E-state index is -4.82. The molecule has 0 radical (unpaired) electrons. The van der Waals surface area contributed by atoms with Crippen molar-refractivity contribution in [3.8, 4) is 0 Å². The summed E-state index contributed by atoms with van der Waals surface area (Å²) in [5.74, 6) is 0. The maximum absolute atomic E-state index is 13.4. The van der Waals surface area contributed by atoms with E-state index in [2.05, 4.69) is 4.90 Å². The average Bonchev–Trinajstić information content (AvgIpc) is 3.23. The highest BCUT2D eigenvalue weighted by atomic mass is 32.2. The number of β-amino-alcohol motifs (C(OH)–C–C–N with tert-alkyl or cyclic N) is 1. The van der Waals surface area contributed by atoms with Crippen molar-refractivity contribution in [1.82, 2.24) is 9.21 Å². The first-order valence-corrected chi connectivity index (χ1v) is 13.6. The van der Waals surface area contributed by atoms with Crippen LogP contribution in [0.3, 0.4) is 0 Å². The zero-order chi connectivity index (χ0) is 26.3. The highest BCUT2D eigenvalue weighted by Gasteiger charge is 2.51. The third-order valence-electron chi connectivity index (χ3n) is 7.05. The van der Waals surface area contributed by atoms with Gasteiger partial charge in [-0.1, -0.05) is 36.5 Å². The molecule has 2 N–H and O–H groups in total. The molecular weight excluding hydrogens is 515 g/mol. The van der Waals surface area contributed by atoms with E-state index in [0.29, 0.717) is 56.5 Å². The zero-order valence-electron chi connectivity index (χ0n) is 19.9. The fraction of sp³-hybridized carbons (Fsp3) is 0.542. The normalized spacial score (nSPS) is 26.2. The SMILES string of the molecule is CC(O)(c1ccc(N2CCN(S(=O)(=O)C3=CC=CCC3=S)CC2CN2CC[C@@H](O)C2)cc1)C(F)(F)F. The Kier molecular flexibility index (Phi) is 7.67. The number of aliphatic hydroxyl groups is 2. The van der Waals surface area contributed by atoms with Crippen molar-refractivity contribution in [2.75, 3.05) is 44.2 Å². The van der Waals surface area contributed by atoms with Crippen LogP contribution in [0, 0.1) is 0 Å².